The van der Waals surface area contributed by atoms with Gasteiger partial charge in [-0.15, -0.1) is 0 Å². The predicted molar refractivity (Wildman–Crippen MR) is 133 cm³/mol. The van der Waals surface area contributed by atoms with Crippen LogP contribution in [0, 0.1) is 0 Å². The monoisotopic (exact) mass is 466 g/mol. The fraction of sp³-hybridized carbons (Fsp3) is 0.111. The molecule has 35 heavy (non-hydrogen) atoms. The Labute approximate surface area is 200 Å². The second kappa shape index (κ2) is 9.26. The molecule has 0 spiro atoms. The first kappa shape index (κ1) is 22.1. The summed E-state index contributed by atoms with van der Waals surface area (Å²) in [5.74, 6) is -1.05. The Bertz CT molecular complexity index is 1620. The van der Waals surface area contributed by atoms with Gasteiger partial charge in [0.25, 0.3) is 5.56 Å². The van der Waals surface area contributed by atoms with E-state index in [9.17, 15) is 14.4 Å². The van der Waals surface area contributed by atoms with Gasteiger partial charge in [-0.05, 0) is 23.8 Å². The number of fused-ring (bicyclic) bond motifs is 3. The number of nitrogens with one attached hydrogen (secondary N) is 1. The Kier molecular flexibility index (Phi) is 5.85. The highest BCUT2D eigenvalue weighted by atomic mass is 16.5. The number of ether oxygens (including phenoxy) is 1. The molecule has 1 N–H and O–H groups in total. The van der Waals surface area contributed by atoms with E-state index in [0.717, 1.165) is 26.5 Å². The zero-order chi connectivity index (χ0) is 24.4. The van der Waals surface area contributed by atoms with E-state index >= 15 is 0 Å². The molecule has 0 aliphatic rings. The van der Waals surface area contributed by atoms with Gasteiger partial charge in [-0.3, -0.25) is 9.59 Å². The standard InChI is InChI=1S/C27H22N4O4/c1-35-27(34)20-12-5-7-13-22(20)29-24(32)17-31-26(33)25-21(15-28-31)19-11-6-8-14-23(19)30(25)16-18-9-3-2-4-10-18/h2-15H,16-17H2,1H3,(H,29,32). The van der Waals surface area contributed by atoms with Crippen molar-refractivity contribution < 1.29 is 14.3 Å². The number of hydrogen-bond acceptors (Lipinski definition) is 5. The lowest BCUT2D eigenvalue weighted by Gasteiger charge is -2.11. The summed E-state index contributed by atoms with van der Waals surface area (Å²) in [6, 6.07) is 24.2. The Morgan fingerprint density at radius 3 is 2.43 bits per heavy atom. The lowest BCUT2D eigenvalue weighted by Crippen LogP contribution is -2.30. The molecule has 0 saturated heterocycles. The molecule has 0 aliphatic carbocycles. The van der Waals surface area contributed by atoms with E-state index < -0.39 is 11.9 Å². The predicted octanol–water partition coefficient (Wildman–Crippen LogP) is 3.82. The summed E-state index contributed by atoms with van der Waals surface area (Å²) in [5, 5.41) is 8.61. The largest absolute Gasteiger partial charge is 0.465 e. The third kappa shape index (κ3) is 4.17. The number of anilines is 1. The van der Waals surface area contributed by atoms with Gasteiger partial charge in [0, 0.05) is 22.8 Å². The molecule has 0 bridgehead atoms. The van der Waals surface area contributed by atoms with Crippen molar-refractivity contribution in [1.29, 1.82) is 0 Å². The minimum atomic E-state index is -0.567. The fourth-order valence-corrected chi connectivity index (χ4v) is 4.24. The Morgan fingerprint density at radius 2 is 1.63 bits per heavy atom. The lowest BCUT2D eigenvalue weighted by molar-refractivity contribution is -0.117. The van der Waals surface area contributed by atoms with Gasteiger partial charge in [-0.25, -0.2) is 9.48 Å². The number of nitrogens with zero attached hydrogens (tertiary/aromatic N) is 3. The van der Waals surface area contributed by atoms with Crippen LogP contribution in [0.5, 0.6) is 0 Å². The minimum absolute atomic E-state index is 0.224. The number of carbonyl (C=O) groups is 2. The summed E-state index contributed by atoms with van der Waals surface area (Å²) in [4.78, 5) is 38.4. The Hall–Kier alpha value is -4.72. The molecule has 0 unspecified atom stereocenters. The lowest BCUT2D eigenvalue weighted by atomic mass is 10.2. The highest BCUT2D eigenvalue weighted by Gasteiger charge is 2.18. The second-order valence-electron chi connectivity index (χ2n) is 8.04. The minimum Gasteiger partial charge on any atom is -0.465 e. The molecule has 1 amide bonds. The van der Waals surface area contributed by atoms with E-state index in [1.165, 1.54) is 7.11 Å². The van der Waals surface area contributed by atoms with Crippen molar-refractivity contribution in [2.45, 2.75) is 13.1 Å². The van der Waals surface area contributed by atoms with Gasteiger partial charge in [0.2, 0.25) is 5.91 Å². The van der Waals surface area contributed by atoms with E-state index in [-0.39, 0.29) is 17.7 Å². The molecule has 3 aromatic carbocycles. The van der Waals surface area contributed by atoms with E-state index in [0.29, 0.717) is 17.7 Å². The Balaban J connectivity index is 1.53. The molecule has 0 atom stereocenters. The van der Waals surface area contributed by atoms with E-state index in [1.54, 1.807) is 30.5 Å². The Morgan fingerprint density at radius 1 is 0.914 bits per heavy atom. The maximum Gasteiger partial charge on any atom is 0.339 e. The molecule has 8 heteroatoms. The number of para-hydroxylation sites is 2. The number of rotatable bonds is 6. The highest BCUT2D eigenvalue weighted by molar-refractivity contribution is 6.07. The number of methoxy groups -OCH3 is 1. The first-order valence-corrected chi connectivity index (χ1v) is 11.0. The molecular weight excluding hydrogens is 444 g/mol. The van der Waals surface area contributed by atoms with E-state index in [4.69, 9.17) is 4.74 Å². The molecule has 2 heterocycles. The average molecular weight is 466 g/mol. The van der Waals surface area contributed by atoms with Gasteiger partial charge < -0.3 is 14.6 Å². The highest BCUT2D eigenvalue weighted by Crippen LogP contribution is 2.27. The van der Waals surface area contributed by atoms with Crippen LogP contribution >= 0.6 is 0 Å². The number of carbonyl (C=O) groups excluding carboxylic acids is 2. The molecule has 0 radical (unpaired) electrons. The maximum absolute atomic E-state index is 13.5. The van der Waals surface area contributed by atoms with Crippen LogP contribution in [0.4, 0.5) is 5.69 Å². The van der Waals surface area contributed by atoms with Crippen LogP contribution in [0.2, 0.25) is 0 Å². The van der Waals surface area contributed by atoms with Crippen molar-refractivity contribution in [1.82, 2.24) is 14.3 Å². The number of esters is 1. The van der Waals surface area contributed by atoms with E-state index in [2.05, 4.69) is 10.4 Å². The van der Waals surface area contributed by atoms with Crippen molar-refractivity contribution in [3.8, 4) is 0 Å². The molecule has 5 aromatic rings. The normalized spacial score (nSPS) is 11.0. The van der Waals surface area contributed by atoms with Crippen molar-refractivity contribution in [3.05, 3.63) is 107 Å². The van der Waals surface area contributed by atoms with Gasteiger partial charge in [-0.2, -0.15) is 5.10 Å². The van der Waals surface area contributed by atoms with E-state index in [1.807, 2.05) is 59.2 Å². The quantitative estimate of drug-likeness (QED) is 0.384. The van der Waals surface area contributed by atoms with Crippen LogP contribution in [0.25, 0.3) is 21.8 Å². The average Bonchev–Trinajstić information content (AvgIpc) is 3.20. The molecule has 174 valence electrons. The van der Waals surface area contributed by atoms with Crippen molar-refractivity contribution in [2.24, 2.45) is 0 Å². The van der Waals surface area contributed by atoms with Crippen molar-refractivity contribution in [3.63, 3.8) is 0 Å². The first-order valence-electron chi connectivity index (χ1n) is 11.0. The summed E-state index contributed by atoms with van der Waals surface area (Å²) >= 11 is 0. The summed E-state index contributed by atoms with van der Waals surface area (Å²) in [5.41, 5.74) is 2.60. The maximum atomic E-state index is 13.5. The summed E-state index contributed by atoms with van der Waals surface area (Å²) in [7, 11) is 1.27. The molecular formula is C27H22N4O4. The summed E-state index contributed by atoms with van der Waals surface area (Å²) in [6.45, 7) is 0.194. The molecule has 5 rings (SSSR count). The second-order valence-corrected chi connectivity index (χ2v) is 8.04. The summed E-state index contributed by atoms with van der Waals surface area (Å²) in [6.07, 6.45) is 1.62. The third-order valence-corrected chi connectivity index (χ3v) is 5.86. The molecule has 0 fully saturated rings. The van der Waals surface area contributed by atoms with Crippen LogP contribution in [0.3, 0.4) is 0 Å². The number of amides is 1. The van der Waals surface area contributed by atoms with Crippen molar-refractivity contribution in [2.75, 3.05) is 12.4 Å². The van der Waals surface area contributed by atoms with Crippen LogP contribution in [0.1, 0.15) is 15.9 Å². The topological polar surface area (TPSA) is 95.2 Å². The van der Waals surface area contributed by atoms with Gasteiger partial charge in [0.15, 0.2) is 0 Å². The fourth-order valence-electron chi connectivity index (χ4n) is 4.24. The van der Waals surface area contributed by atoms with Gasteiger partial charge in [0.1, 0.15) is 12.1 Å². The van der Waals surface area contributed by atoms with Gasteiger partial charge in [0.05, 0.1) is 24.6 Å². The molecule has 0 aliphatic heterocycles. The zero-order valence-electron chi connectivity index (χ0n) is 19.0. The SMILES string of the molecule is COC(=O)c1ccccc1NC(=O)Cn1ncc2c3ccccc3n(Cc3ccccc3)c2c1=O. The molecule has 8 nitrogen and oxygen atoms in total. The van der Waals surface area contributed by atoms with Crippen LogP contribution < -0.4 is 10.9 Å². The zero-order valence-corrected chi connectivity index (χ0v) is 19.0. The third-order valence-electron chi connectivity index (χ3n) is 5.86. The number of hydrogen-bond donors (Lipinski definition) is 1. The van der Waals surface area contributed by atoms with Crippen LogP contribution in [-0.4, -0.2) is 33.3 Å². The summed E-state index contributed by atoms with van der Waals surface area (Å²) < 4.78 is 7.88. The number of aromatic nitrogens is 3. The van der Waals surface area contributed by atoms with Gasteiger partial charge >= 0.3 is 5.97 Å². The van der Waals surface area contributed by atoms with Crippen LogP contribution in [-0.2, 0) is 22.6 Å². The molecule has 0 saturated carbocycles. The van der Waals surface area contributed by atoms with Gasteiger partial charge in [-0.1, -0.05) is 60.7 Å². The first-order chi connectivity index (χ1) is 17.1. The smallest absolute Gasteiger partial charge is 0.339 e. The van der Waals surface area contributed by atoms with Crippen LogP contribution in [0.15, 0.2) is 89.9 Å². The number of benzene rings is 3. The molecule has 2 aromatic heterocycles. The van der Waals surface area contributed by atoms with Crippen molar-refractivity contribution >= 4 is 39.4 Å².